The second-order valence-corrected chi connectivity index (χ2v) is 6.23. The van der Waals surface area contributed by atoms with Crippen molar-refractivity contribution in [1.82, 2.24) is 10.3 Å². The molecular weight excluding hydrogens is 324 g/mol. The Labute approximate surface area is 145 Å². The minimum absolute atomic E-state index is 0.607. The van der Waals surface area contributed by atoms with E-state index in [1.807, 2.05) is 24.4 Å². The SMILES string of the molecule is COc1cc(CNCc2cnc3ccsc3c2)cc(OC)c1OC. The van der Waals surface area contributed by atoms with Gasteiger partial charge >= 0.3 is 0 Å². The van der Waals surface area contributed by atoms with Crippen molar-refractivity contribution in [1.29, 1.82) is 0 Å². The van der Waals surface area contributed by atoms with Gasteiger partial charge in [0.1, 0.15) is 0 Å². The van der Waals surface area contributed by atoms with E-state index in [9.17, 15) is 0 Å². The van der Waals surface area contributed by atoms with E-state index in [1.165, 1.54) is 4.70 Å². The number of hydrogen-bond acceptors (Lipinski definition) is 6. The summed E-state index contributed by atoms with van der Waals surface area (Å²) in [6.07, 6.45) is 1.91. The van der Waals surface area contributed by atoms with Crippen molar-refractivity contribution in [2.24, 2.45) is 0 Å². The lowest BCUT2D eigenvalue weighted by Crippen LogP contribution is -2.13. The molecule has 3 rings (SSSR count). The van der Waals surface area contributed by atoms with Gasteiger partial charge in [-0.25, -0.2) is 0 Å². The van der Waals surface area contributed by atoms with Gasteiger partial charge in [-0.05, 0) is 40.8 Å². The van der Waals surface area contributed by atoms with Crippen molar-refractivity contribution in [3.05, 3.63) is 47.0 Å². The monoisotopic (exact) mass is 344 g/mol. The van der Waals surface area contributed by atoms with Crippen molar-refractivity contribution < 1.29 is 14.2 Å². The molecule has 1 aromatic carbocycles. The summed E-state index contributed by atoms with van der Waals surface area (Å²) in [5.74, 6) is 1.93. The molecule has 24 heavy (non-hydrogen) atoms. The first kappa shape index (κ1) is 16.5. The van der Waals surface area contributed by atoms with Crippen LogP contribution in [0.1, 0.15) is 11.1 Å². The third-order valence-electron chi connectivity index (χ3n) is 3.74. The molecule has 0 bridgehead atoms. The van der Waals surface area contributed by atoms with Crippen molar-refractivity contribution in [2.45, 2.75) is 13.1 Å². The summed E-state index contributed by atoms with van der Waals surface area (Å²) in [4.78, 5) is 4.46. The van der Waals surface area contributed by atoms with Crippen molar-refractivity contribution in [2.75, 3.05) is 21.3 Å². The van der Waals surface area contributed by atoms with Crippen LogP contribution in [-0.2, 0) is 13.1 Å². The smallest absolute Gasteiger partial charge is 0.203 e. The van der Waals surface area contributed by atoms with Crippen molar-refractivity contribution >= 4 is 21.6 Å². The Kier molecular flexibility index (Phi) is 5.17. The number of fused-ring (bicyclic) bond motifs is 1. The van der Waals surface area contributed by atoms with Gasteiger partial charge in [-0.1, -0.05) is 0 Å². The van der Waals surface area contributed by atoms with Crippen LogP contribution < -0.4 is 19.5 Å². The molecule has 3 aromatic rings. The highest BCUT2D eigenvalue weighted by Crippen LogP contribution is 2.38. The van der Waals surface area contributed by atoms with Crippen LogP contribution in [0.25, 0.3) is 10.2 Å². The molecule has 0 unspecified atom stereocenters. The quantitative estimate of drug-likeness (QED) is 0.709. The van der Waals surface area contributed by atoms with Crippen LogP contribution in [0.5, 0.6) is 17.2 Å². The highest BCUT2D eigenvalue weighted by Gasteiger charge is 2.12. The van der Waals surface area contributed by atoms with E-state index in [0.29, 0.717) is 23.8 Å². The van der Waals surface area contributed by atoms with Crippen LogP contribution >= 0.6 is 11.3 Å². The molecule has 2 aromatic heterocycles. The van der Waals surface area contributed by atoms with Gasteiger partial charge < -0.3 is 19.5 Å². The lowest BCUT2D eigenvalue weighted by atomic mass is 10.1. The molecule has 0 amide bonds. The number of thiophene rings is 1. The topological polar surface area (TPSA) is 52.6 Å². The van der Waals surface area contributed by atoms with Gasteiger partial charge in [-0.15, -0.1) is 11.3 Å². The Morgan fingerprint density at radius 2 is 1.67 bits per heavy atom. The van der Waals surface area contributed by atoms with Gasteiger partial charge in [-0.2, -0.15) is 0 Å². The van der Waals surface area contributed by atoms with Crippen LogP contribution in [0.4, 0.5) is 0 Å². The number of aromatic nitrogens is 1. The van der Waals surface area contributed by atoms with E-state index in [0.717, 1.165) is 23.2 Å². The Morgan fingerprint density at radius 3 is 2.33 bits per heavy atom. The molecule has 6 heteroatoms. The van der Waals surface area contributed by atoms with Crippen molar-refractivity contribution in [3.8, 4) is 17.2 Å². The minimum Gasteiger partial charge on any atom is -0.493 e. The molecule has 0 aliphatic carbocycles. The Bertz CT molecular complexity index is 807. The molecule has 1 N–H and O–H groups in total. The summed E-state index contributed by atoms with van der Waals surface area (Å²) in [7, 11) is 4.85. The number of hydrogen-bond donors (Lipinski definition) is 1. The van der Waals surface area contributed by atoms with Crippen molar-refractivity contribution in [3.63, 3.8) is 0 Å². The highest BCUT2D eigenvalue weighted by atomic mass is 32.1. The third kappa shape index (κ3) is 3.44. The van der Waals surface area contributed by atoms with E-state index in [4.69, 9.17) is 14.2 Å². The lowest BCUT2D eigenvalue weighted by molar-refractivity contribution is 0.323. The molecule has 0 saturated heterocycles. The van der Waals surface area contributed by atoms with Crippen LogP contribution in [0.3, 0.4) is 0 Å². The third-order valence-corrected chi connectivity index (χ3v) is 4.60. The average molecular weight is 344 g/mol. The second-order valence-electron chi connectivity index (χ2n) is 5.28. The molecule has 2 heterocycles. The number of nitrogens with zero attached hydrogens (tertiary/aromatic N) is 1. The number of nitrogens with one attached hydrogen (secondary N) is 1. The molecule has 0 saturated carbocycles. The molecular formula is C18H20N2O3S. The molecule has 0 aliphatic heterocycles. The highest BCUT2D eigenvalue weighted by molar-refractivity contribution is 7.17. The molecule has 0 atom stereocenters. The summed E-state index contributed by atoms with van der Waals surface area (Å²) in [6.45, 7) is 1.44. The first-order valence-corrected chi connectivity index (χ1v) is 8.45. The van der Waals surface area contributed by atoms with Gasteiger partial charge in [0.05, 0.1) is 31.5 Å². The largest absolute Gasteiger partial charge is 0.493 e. The second kappa shape index (κ2) is 7.51. The zero-order valence-corrected chi connectivity index (χ0v) is 14.8. The first-order chi connectivity index (χ1) is 11.7. The Hall–Kier alpha value is -2.31. The van der Waals surface area contributed by atoms with E-state index < -0.39 is 0 Å². The normalized spacial score (nSPS) is 10.8. The maximum absolute atomic E-state index is 5.38. The number of rotatable bonds is 7. The molecule has 5 nitrogen and oxygen atoms in total. The van der Waals surface area contributed by atoms with Gasteiger partial charge in [-0.3, -0.25) is 4.98 Å². The van der Waals surface area contributed by atoms with E-state index in [2.05, 4.69) is 21.7 Å². The molecule has 0 spiro atoms. The van der Waals surface area contributed by atoms with Crippen LogP contribution in [0.15, 0.2) is 35.8 Å². The average Bonchev–Trinajstić information content (AvgIpc) is 3.08. The maximum Gasteiger partial charge on any atom is 0.203 e. The zero-order valence-electron chi connectivity index (χ0n) is 14.0. The zero-order chi connectivity index (χ0) is 16.9. The predicted octanol–water partition coefficient (Wildman–Crippen LogP) is 3.61. The van der Waals surface area contributed by atoms with Gasteiger partial charge in [0.25, 0.3) is 0 Å². The number of ether oxygens (including phenoxy) is 3. The van der Waals surface area contributed by atoms with Crippen LogP contribution in [0.2, 0.25) is 0 Å². The van der Waals surface area contributed by atoms with Gasteiger partial charge in [0, 0.05) is 19.3 Å². The standard InChI is InChI=1S/C18H20N2O3S/c1-21-15-6-12(7-16(22-2)18(15)23-3)9-19-10-13-8-17-14(20-11-13)4-5-24-17/h4-8,11,19H,9-10H2,1-3H3. The molecule has 0 radical (unpaired) electrons. The predicted molar refractivity (Wildman–Crippen MR) is 96.3 cm³/mol. The van der Waals surface area contributed by atoms with Gasteiger partial charge in [0.15, 0.2) is 11.5 Å². The summed E-state index contributed by atoms with van der Waals surface area (Å²) in [5.41, 5.74) is 3.28. The first-order valence-electron chi connectivity index (χ1n) is 7.57. The lowest BCUT2D eigenvalue weighted by Gasteiger charge is -2.14. The molecule has 126 valence electrons. The number of methoxy groups -OCH3 is 3. The Morgan fingerprint density at radius 1 is 0.958 bits per heavy atom. The van der Waals surface area contributed by atoms with E-state index in [1.54, 1.807) is 32.7 Å². The Balaban J connectivity index is 1.69. The fourth-order valence-corrected chi connectivity index (χ4v) is 3.38. The summed E-state index contributed by atoms with van der Waals surface area (Å²) in [6, 6.07) is 8.12. The maximum atomic E-state index is 5.38. The van der Waals surface area contributed by atoms with Crippen LogP contribution in [0, 0.1) is 0 Å². The fourth-order valence-electron chi connectivity index (χ4n) is 2.57. The fraction of sp³-hybridized carbons (Fsp3) is 0.278. The number of pyridine rings is 1. The molecule has 0 fully saturated rings. The molecule has 0 aliphatic rings. The van der Waals surface area contributed by atoms with E-state index >= 15 is 0 Å². The summed E-state index contributed by atoms with van der Waals surface area (Å²) < 4.78 is 17.3. The van der Waals surface area contributed by atoms with Crippen LogP contribution in [-0.4, -0.2) is 26.3 Å². The summed E-state index contributed by atoms with van der Waals surface area (Å²) in [5, 5.41) is 5.49. The minimum atomic E-state index is 0.607. The number of benzene rings is 1. The summed E-state index contributed by atoms with van der Waals surface area (Å²) >= 11 is 1.71. The van der Waals surface area contributed by atoms with Gasteiger partial charge in [0.2, 0.25) is 5.75 Å². The van der Waals surface area contributed by atoms with E-state index in [-0.39, 0.29) is 0 Å².